The SMILES string of the molecule is COC(=O)CCN(C)S(=O)(=O)NCc1cscn1. The first-order valence-electron chi connectivity index (χ1n) is 5.10. The summed E-state index contributed by atoms with van der Waals surface area (Å²) in [6.45, 7) is 0.202. The average molecular weight is 293 g/mol. The fourth-order valence-corrected chi connectivity index (χ4v) is 2.51. The summed E-state index contributed by atoms with van der Waals surface area (Å²) in [5, 5.41) is 1.76. The molecule has 0 aromatic carbocycles. The molecular weight excluding hydrogens is 278 g/mol. The van der Waals surface area contributed by atoms with Crippen molar-refractivity contribution in [1.29, 1.82) is 0 Å². The molecule has 0 aliphatic heterocycles. The second kappa shape index (κ2) is 6.78. The lowest BCUT2D eigenvalue weighted by molar-refractivity contribution is -0.140. The lowest BCUT2D eigenvalue weighted by atomic mass is 10.4. The molecule has 0 spiro atoms. The Morgan fingerprint density at radius 2 is 2.33 bits per heavy atom. The molecule has 18 heavy (non-hydrogen) atoms. The molecule has 1 heterocycles. The number of nitrogens with one attached hydrogen (secondary N) is 1. The van der Waals surface area contributed by atoms with Gasteiger partial charge in [-0.3, -0.25) is 4.79 Å². The maximum atomic E-state index is 11.8. The third-order valence-corrected chi connectivity index (χ3v) is 4.34. The molecule has 1 aromatic heterocycles. The number of methoxy groups -OCH3 is 1. The Bertz CT molecular complexity index is 472. The van der Waals surface area contributed by atoms with Gasteiger partial charge in [-0.05, 0) is 0 Å². The minimum atomic E-state index is -3.60. The second-order valence-electron chi connectivity index (χ2n) is 3.45. The Hall–Kier alpha value is -1.03. The summed E-state index contributed by atoms with van der Waals surface area (Å²) in [5.41, 5.74) is 2.29. The van der Waals surface area contributed by atoms with Crippen molar-refractivity contribution in [2.24, 2.45) is 0 Å². The standard InChI is InChI=1S/C9H15N3O4S2/c1-12(4-3-9(13)16-2)18(14,15)11-5-8-6-17-7-10-8/h6-7,11H,3-5H2,1-2H3. The van der Waals surface area contributed by atoms with Gasteiger partial charge in [0.05, 0.1) is 31.3 Å². The molecule has 1 rings (SSSR count). The van der Waals surface area contributed by atoms with E-state index < -0.39 is 16.2 Å². The molecule has 0 saturated carbocycles. The van der Waals surface area contributed by atoms with Gasteiger partial charge in [0, 0.05) is 19.0 Å². The van der Waals surface area contributed by atoms with Crippen molar-refractivity contribution >= 4 is 27.5 Å². The summed E-state index contributed by atoms with van der Waals surface area (Å²) in [6, 6.07) is 0. The summed E-state index contributed by atoms with van der Waals surface area (Å²) < 4.78 is 31.4. The number of carbonyl (C=O) groups excluding carboxylic acids is 1. The normalized spacial score (nSPS) is 11.7. The summed E-state index contributed by atoms with van der Waals surface area (Å²) >= 11 is 1.39. The summed E-state index contributed by atoms with van der Waals surface area (Å²) in [4.78, 5) is 14.9. The van der Waals surface area contributed by atoms with Crippen molar-refractivity contribution in [2.75, 3.05) is 20.7 Å². The highest BCUT2D eigenvalue weighted by Crippen LogP contribution is 2.02. The van der Waals surface area contributed by atoms with Gasteiger partial charge in [0.25, 0.3) is 10.2 Å². The molecule has 7 nitrogen and oxygen atoms in total. The first-order chi connectivity index (χ1) is 8.45. The number of hydrogen-bond acceptors (Lipinski definition) is 6. The van der Waals surface area contributed by atoms with E-state index in [0.29, 0.717) is 5.69 Å². The molecular formula is C9H15N3O4S2. The van der Waals surface area contributed by atoms with E-state index in [1.165, 1.54) is 25.5 Å². The molecule has 0 saturated heterocycles. The zero-order valence-corrected chi connectivity index (χ0v) is 11.8. The van der Waals surface area contributed by atoms with Crippen LogP contribution in [-0.2, 0) is 26.3 Å². The fraction of sp³-hybridized carbons (Fsp3) is 0.556. The van der Waals surface area contributed by atoms with Crippen molar-refractivity contribution < 1.29 is 17.9 Å². The molecule has 0 fully saturated rings. The van der Waals surface area contributed by atoms with E-state index in [9.17, 15) is 13.2 Å². The Morgan fingerprint density at radius 3 is 2.89 bits per heavy atom. The zero-order valence-electron chi connectivity index (χ0n) is 10.1. The Morgan fingerprint density at radius 1 is 1.61 bits per heavy atom. The van der Waals surface area contributed by atoms with Crippen molar-refractivity contribution in [3.8, 4) is 0 Å². The molecule has 0 bridgehead atoms. The highest BCUT2D eigenvalue weighted by molar-refractivity contribution is 7.87. The predicted molar refractivity (Wildman–Crippen MR) is 67.1 cm³/mol. The van der Waals surface area contributed by atoms with E-state index >= 15 is 0 Å². The van der Waals surface area contributed by atoms with Crippen LogP contribution < -0.4 is 4.72 Å². The third-order valence-electron chi connectivity index (χ3n) is 2.19. The van der Waals surface area contributed by atoms with Gasteiger partial charge in [-0.15, -0.1) is 11.3 Å². The van der Waals surface area contributed by atoms with Crippen LogP contribution in [0.5, 0.6) is 0 Å². The molecule has 0 amide bonds. The highest BCUT2D eigenvalue weighted by Gasteiger charge is 2.18. The number of aromatic nitrogens is 1. The topological polar surface area (TPSA) is 88.6 Å². The lowest BCUT2D eigenvalue weighted by Crippen LogP contribution is -2.39. The monoisotopic (exact) mass is 293 g/mol. The van der Waals surface area contributed by atoms with Gasteiger partial charge in [0.15, 0.2) is 0 Å². The van der Waals surface area contributed by atoms with Crippen LogP contribution in [0.3, 0.4) is 0 Å². The summed E-state index contributed by atoms with van der Waals surface area (Å²) in [5.74, 6) is -0.448. The quantitative estimate of drug-likeness (QED) is 0.713. The van der Waals surface area contributed by atoms with E-state index in [-0.39, 0.29) is 19.5 Å². The van der Waals surface area contributed by atoms with Crippen LogP contribution in [0.2, 0.25) is 0 Å². The van der Waals surface area contributed by atoms with Gasteiger partial charge >= 0.3 is 5.97 Å². The maximum absolute atomic E-state index is 11.8. The van der Waals surface area contributed by atoms with Gasteiger partial charge in [-0.1, -0.05) is 0 Å². The first kappa shape index (κ1) is 15.0. The Labute approximate surface area is 110 Å². The molecule has 0 aliphatic carbocycles. The molecule has 1 aromatic rings. The number of carbonyl (C=O) groups is 1. The van der Waals surface area contributed by atoms with Crippen molar-refractivity contribution in [3.63, 3.8) is 0 Å². The van der Waals surface area contributed by atoms with E-state index in [0.717, 1.165) is 4.31 Å². The van der Waals surface area contributed by atoms with Crippen molar-refractivity contribution in [3.05, 3.63) is 16.6 Å². The van der Waals surface area contributed by atoms with Crippen LogP contribution in [0.15, 0.2) is 10.9 Å². The number of rotatable bonds is 7. The Balaban J connectivity index is 2.44. The molecule has 102 valence electrons. The number of esters is 1. The second-order valence-corrected chi connectivity index (χ2v) is 6.03. The molecule has 0 unspecified atom stereocenters. The predicted octanol–water partition coefficient (Wildman–Crippen LogP) is -0.0276. The fourth-order valence-electron chi connectivity index (χ4n) is 1.07. The van der Waals surface area contributed by atoms with Crippen LogP contribution in [-0.4, -0.2) is 44.4 Å². The van der Waals surface area contributed by atoms with E-state index in [2.05, 4.69) is 14.4 Å². The van der Waals surface area contributed by atoms with Gasteiger partial charge in [0.2, 0.25) is 0 Å². The molecule has 0 aliphatic rings. The third kappa shape index (κ3) is 4.69. The summed E-state index contributed by atoms with van der Waals surface area (Å²) in [6.07, 6.45) is 0.0185. The van der Waals surface area contributed by atoms with Crippen molar-refractivity contribution in [2.45, 2.75) is 13.0 Å². The van der Waals surface area contributed by atoms with Gasteiger partial charge in [-0.25, -0.2) is 4.98 Å². The van der Waals surface area contributed by atoms with E-state index in [4.69, 9.17) is 0 Å². The molecule has 1 N–H and O–H groups in total. The number of hydrogen-bond donors (Lipinski definition) is 1. The average Bonchev–Trinajstić information content (AvgIpc) is 2.86. The van der Waals surface area contributed by atoms with Crippen LogP contribution in [0.4, 0.5) is 0 Å². The first-order valence-corrected chi connectivity index (χ1v) is 7.49. The van der Waals surface area contributed by atoms with Gasteiger partial charge < -0.3 is 4.74 Å². The van der Waals surface area contributed by atoms with Gasteiger partial charge in [0.1, 0.15) is 0 Å². The van der Waals surface area contributed by atoms with E-state index in [1.807, 2.05) is 0 Å². The zero-order chi connectivity index (χ0) is 13.6. The van der Waals surface area contributed by atoms with Crippen molar-refractivity contribution in [1.82, 2.24) is 14.0 Å². The molecule has 0 atom stereocenters. The largest absolute Gasteiger partial charge is 0.469 e. The van der Waals surface area contributed by atoms with Crippen LogP contribution in [0.25, 0.3) is 0 Å². The van der Waals surface area contributed by atoms with E-state index in [1.54, 1.807) is 10.9 Å². The van der Waals surface area contributed by atoms with Gasteiger partial charge in [-0.2, -0.15) is 17.4 Å². The minimum Gasteiger partial charge on any atom is -0.469 e. The molecule has 9 heteroatoms. The Kier molecular flexibility index (Phi) is 5.66. The summed E-state index contributed by atoms with van der Waals surface area (Å²) in [7, 11) is -0.944. The number of thiazole rings is 1. The highest BCUT2D eigenvalue weighted by atomic mass is 32.2. The number of ether oxygens (including phenoxy) is 1. The maximum Gasteiger partial charge on any atom is 0.306 e. The van der Waals surface area contributed by atoms with Crippen LogP contribution in [0.1, 0.15) is 12.1 Å². The minimum absolute atomic E-state index is 0.0185. The molecule has 0 radical (unpaired) electrons. The smallest absolute Gasteiger partial charge is 0.306 e. The lowest BCUT2D eigenvalue weighted by Gasteiger charge is -2.16. The van der Waals surface area contributed by atoms with Crippen LogP contribution in [0, 0.1) is 0 Å². The number of nitrogens with zero attached hydrogens (tertiary/aromatic N) is 2. The van der Waals surface area contributed by atoms with Crippen LogP contribution >= 0.6 is 11.3 Å².